The van der Waals surface area contributed by atoms with Crippen LogP contribution in [0.15, 0.2) is 35.1 Å². The quantitative estimate of drug-likeness (QED) is 0.685. The molecule has 0 spiro atoms. The Labute approximate surface area is 69.0 Å². The third kappa shape index (κ3) is 1.14. The molecule has 12 heavy (non-hydrogen) atoms. The molecule has 0 aromatic carbocycles. The molecule has 0 radical (unpaired) electrons. The van der Waals surface area contributed by atoms with Crippen LogP contribution in [0.3, 0.4) is 0 Å². The van der Waals surface area contributed by atoms with Crippen LogP contribution in [0.2, 0.25) is 0 Å². The predicted molar refractivity (Wildman–Crippen MR) is 44.1 cm³/mol. The van der Waals surface area contributed by atoms with E-state index in [4.69, 9.17) is 10.3 Å². The van der Waals surface area contributed by atoms with Crippen LogP contribution in [0.1, 0.15) is 0 Å². The standard InChI is InChI=1S/C8H7N3O/c9-8-4-7(12-11-8)6-2-1-3-10-5-6/h1-5H,(H2,9,11). The van der Waals surface area contributed by atoms with E-state index >= 15 is 0 Å². The van der Waals surface area contributed by atoms with Gasteiger partial charge in [-0.25, -0.2) is 0 Å². The number of aromatic nitrogens is 2. The Bertz CT molecular complexity index is 369. The molecule has 60 valence electrons. The Balaban J connectivity index is 2.45. The van der Waals surface area contributed by atoms with Gasteiger partial charge in [-0.05, 0) is 12.1 Å². The van der Waals surface area contributed by atoms with E-state index in [0.29, 0.717) is 11.6 Å². The molecule has 2 N–H and O–H groups in total. The second-order valence-corrected chi connectivity index (χ2v) is 2.36. The molecule has 0 fully saturated rings. The monoisotopic (exact) mass is 161 g/mol. The summed E-state index contributed by atoms with van der Waals surface area (Å²) < 4.78 is 4.94. The highest BCUT2D eigenvalue weighted by atomic mass is 16.5. The molecule has 4 nitrogen and oxygen atoms in total. The fourth-order valence-electron chi connectivity index (χ4n) is 0.933. The molecule has 2 aromatic heterocycles. The Morgan fingerprint density at radius 2 is 2.33 bits per heavy atom. The first-order valence-corrected chi connectivity index (χ1v) is 3.49. The van der Waals surface area contributed by atoms with Crippen molar-refractivity contribution >= 4 is 5.82 Å². The van der Waals surface area contributed by atoms with Gasteiger partial charge in [-0.3, -0.25) is 4.98 Å². The van der Waals surface area contributed by atoms with Gasteiger partial charge in [0.15, 0.2) is 11.6 Å². The van der Waals surface area contributed by atoms with E-state index in [1.807, 2.05) is 12.1 Å². The van der Waals surface area contributed by atoms with Crippen LogP contribution >= 0.6 is 0 Å². The van der Waals surface area contributed by atoms with Crippen molar-refractivity contribution in [1.29, 1.82) is 0 Å². The van der Waals surface area contributed by atoms with Crippen molar-refractivity contribution in [1.82, 2.24) is 10.1 Å². The molecule has 2 heterocycles. The first kappa shape index (κ1) is 6.84. The fourth-order valence-corrected chi connectivity index (χ4v) is 0.933. The van der Waals surface area contributed by atoms with Crippen molar-refractivity contribution in [2.45, 2.75) is 0 Å². The molecule has 0 amide bonds. The average Bonchev–Trinajstić information content (AvgIpc) is 2.54. The minimum absolute atomic E-state index is 0.383. The summed E-state index contributed by atoms with van der Waals surface area (Å²) in [5.74, 6) is 1.02. The SMILES string of the molecule is Nc1cc(-c2cccnc2)on1. The van der Waals surface area contributed by atoms with Gasteiger partial charge in [-0.15, -0.1) is 0 Å². The van der Waals surface area contributed by atoms with Gasteiger partial charge < -0.3 is 10.3 Å². The second-order valence-electron chi connectivity index (χ2n) is 2.36. The summed E-state index contributed by atoms with van der Waals surface area (Å²) >= 11 is 0. The highest BCUT2D eigenvalue weighted by Gasteiger charge is 2.02. The molecule has 0 atom stereocenters. The van der Waals surface area contributed by atoms with Crippen LogP contribution in [0, 0.1) is 0 Å². The molecule has 0 bridgehead atoms. The lowest BCUT2D eigenvalue weighted by Crippen LogP contribution is -1.80. The van der Waals surface area contributed by atoms with E-state index in [1.54, 1.807) is 18.5 Å². The Morgan fingerprint density at radius 3 is 2.92 bits per heavy atom. The van der Waals surface area contributed by atoms with Crippen LogP contribution in [-0.2, 0) is 0 Å². The third-order valence-electron chi connectivity index (χ3n) is 1.47. The maximum atomic E-state index is 5.39. The molecule has 0 saturated heterocycles. The first-order chi connectivity index (χ1) is 5.86. The maximum Gasteiger partial charge on any atom is 0.170 e. The van der Waals surface area contributed by atoms with Gasteiger partial charge in [0.2, 0.25) is 0 Å². The van der Waals surface area contributed by atoms with Crippen molar-refractivity contribution in [3.8, 4) is 11.3 Å². The molecule has 2 rings (SSSR count). The molecule has 0 saturated carbocycles. The molecule has 0 aliphatic rings. The lowest BCUT2D eigenvalue weighted by Gasteiger charge is -1.90. The van der Waals surface area contributed by atoms with E-state index < -0.39 is 0 Å². The van der Waals surface area contributed by atoms with E-state index in [-0.39, 0.29) is 0 Å². The lowest BCUT2D eigenvalue weighted by atomic mass is 10.2. The predicted octanol–water partition coefficient (Wildman–Crippen LogP) is 1.32. The number of hydrogen-bond donors (Lipinski definition) is 1. The van der Waals surface area contributed by atoms with Gasteiger partial charge >= 0.3 is 0 Å². The zero-order valence-electron chi connectivity index (χ0n) is 6.27. The zero-order valence-corrected chi connectivity index (χ0v) is 6.27. The minimum Gasteiger partial charge on any atom is -0.381 e. The van der Waals surface area contributed by atoms with E-state index in [0.717, 1.165) is 5.56 Å². The molecule has 0 aliphatic heterocycles. The summed E-state index contributed by atoms with van der Waals surface area (Å²) in [7, 11) is 0. The zero-order chi connectivity index (χ0) is 8.39. The second kappa shape index (κ2) is 2.65. The largest absolute Gasteiger partial charge is 0.381 e. The van der Waals surface area contributed by atoms with Gasteiger partial charge in [0.05, 0.1) is 0 Å². The molecule has 4 heteroatoms. The number of nitrogens with zero attached hydrogens (tertiary/aromatic N) is 2. The van der Waals surface area contributed by atoms with Crippen LogP contribution < -0.4 is 5.73 Å². The minimum atomic E-state index is 0.383. The number of nitrogen functional groups attached to an aromatic ring is 1. The summed E-state index contributed by atoms with van der Waals surface area (Å²) in [6.45, 7) is 0. The summed E-state index contributed by atoms with van der Waals surface area (Å²) in [6, 6.07) is 5.37. The van der Waals surface area contributed by atoms with Crippen LogP contribution in [0.25, 0.3) is 11.3 Å². The van der Waals surface area contributed by atoms with Crippen LogP contribution in [0.5, 0.6) is 0 Å². The Kier molecular flexibility index (Phi) is 1.51. The average molecular weight is 161 g/mol. The highest BCUT2D eigenvalue weighted by molar-refractivity contribution is 5.58. The number of nitrogens with two attached hydrogens (primary N) is 1. The van der Waals surface area contributed by atoms with Gasteiger partial charge in [-0.2, -0.15) is 0 Å². The van der Waals surface area contributed by atoms with Crippen LogP contribution in [0.4, 0.5) is 5.82 Å². The molecule has 0 aliphatic carbocycles. The van der Waals surface area contributed by atoms with Crippen molar-refractivity contribution < 1.29 is 4.52 Å². The van der Waals surface area contributed by atoms with E-state index in [1.165, 1.54) is 0 Å². The maximum absolute atomic E-state index is 5.39. The highest BCUT2D eigenvalue weighted by Crippen LogP contribution is 2.19. The van der Waals surface area contributed by atoms with Gasteiger partial charge in [0.1, 0.15) is 0 Å². The lowest BCUT2D eigenvalue weighted by molar-refractivity contribution is 0.435. The summed E-state index contributed by atoms with van der Waals surface area (Å²) in [4.78, 5) is 3.94. The fraction of sp³-hybridized carbons (Fsp3) is 0. The summed E-state index contributed by atoms with van der Waals surface area (Å²) in [5, 5.41) is 3.57. The molecule has 0 unspecified atom stereocenters. The Morgan fingerprint density at radius 1 is 1.42 bits per heavy atom. The number of pyridine rings is 1. The van der Waals surface area contributed by atoms with Gasteiger partial charge in [-0.1, -0.05) is 5.16 Å². The van der Waals surface area contributed by atoms with Crippen molar-refractivity contribution in [3.05, 3.63) is 30.6 Å². The summed E-state index contributed by atoms with van der Waals surface area (Å²) in [6.07, 6.45) is 3.39. The molecule has 2 aromatic rings. The number of rotatable bonds is 1. The normalized spacial score (nSPS) is 10.0. The Hall–Kier alpha value is -1.84. The van der Waals surface area contributed by atoms with E-state index in [2.05, 4.69) is 10.1 Å². The van der Waals surface area contributed by atoms with Gasteiger partial charge in [0.25, 0.3) is 0 Å². The van der Waals surface area contributed by atoms with Crippen molar-refractivity contribution in [2.24, 2.45) is 0 Å². The van der Waals surface area contributed by atoms with Crippen molar-refractivity contribution in [2.75, 3.05) is 5.73 Å². The van der Waals surface area contributed by atoms with Crippen molar-refractivity contribution in [3.63, 3.8) is 0 Å². The smallest absolute Gasteiger partial charge is 0.170 e. The topological polar surface area (TPSA) is 64.9 Å². The van der Waals surface area contributed by atoms with Gasteiger partial charge in [0, 0.05) is 24.0 Å². The number of hydrogen-bond acceptors (Lipinski definition) is 4. The molecular weight excluding hydrogens is 154 g/mol. The summed E-state index contributed by atoms with van der Waals surface area (Å²) in [5.41, 5.74) is 6.27. The van der Waals surface area contributed by atoms with E-state index in [9.17, 15) is 0 Å². The van der Waals surface area contributed by atoms with Crippen LogP contribution in [-0.4, -0.2) is 10.1 Å². The first-order valence-electron chi connectivity index (χ1n) is 3.49. The molecular formula is C8H7N3O. The number of anilines is 1. The third-order valence-corrected chi connectivity index (χ3v) is 1.47.